The van der Waals surface area contributed by atoms with Crippen LogP contribution < -0.4 is 10.6 Å². The summed E-state index contributed by atoms with van der Waals surface area (Å²) in [5, 5.41) is 7.72. The number of aromatic nitrogens is 1. The molecule has 2 amide bonds. The van der Waals surface area contributed by atoms with E-state index >= 15 is 0 Å². The second-order valence-electron chi connectivity index (χ2n) is 7.61. The molecular formula is C20H21F3N4O2S. The zero-order valence-electron chi connectivity index (χ0n) is 16.0. The molecule has 2 heterocycles. The topological polar surface area (TPSA) is 74.3 Å². The number of anilines is 2. The summed E-state index contributed by atoms with van der Waals surface area (Å²) in [6.45, 7) is 0.908. The number of nitrogens with one attached hydrogen (secondary N) is 2. The number of amides is 2. The maximum atomic E-state index is 12.9. The predicted molar refractivity (Wildman–Crippen MR) is 107 cm³/mol. The first-order chi connectivity index (χ1) is 14.3. The molecule has 2 fully saturated rings. The van der Waals surface area contributed by atoms with Crippen LogP contribution in [0.25, 0.3) is 0 Å². The van der Waals surface area contributed by atoms with Crippen LogP contribution in [0.5, 0.6) is 0 Å². The van der Waals surface area contributed by atoms with E-state index in [1.807, 2.05) is 0 Å². The minimum Gasteiger partial charge on any atom is -0.353 e. The summed E-state index contributed by atoms with van der Waals surface area (Å²) in [6.07, 6.45) is -0.906. The highest BCUT2D eigenvalue weighted by Gasteiger charge is 2.33. The van der Waals surface area contributed by atoms with Crippen molar-refractivity contribution in [3.63, 3.8) is 0 Å². The SMILES string of the molecule is O=C(NC1CC1)[C@@H]1CCCN(C(=O)c2csc(Nc3cccc(C(F)(F)F)c3)n2)C1. The minimum absolute atomic E-state index is 0.000167. The molecule has 30 heavy (non-hydrogen) atoms. The minimum atomic E-state index is -4.43. The maximum Gasteiger partial charge on any atom is 0.416 e. The third-order valence-electron chi connectivity index (χ3n) is 5.17. The summed E-state index contributed by atoms with van der Waals surface area (Å²) in [7, 11) is 0. The average Bonchev–Trinajstić information content (AvgIpc) is 3.42. The van der Waals surface area contributed by atoms with Gasteiger partial charge in [0.1, 0.15) is 5.69 Å². The summed E-state index contributed by atoms with van der Waals surface area (Å²) in [4.78, 5) is 31.0. The van der Waals surface area contributed by atoms with E-state index in [9.17, 15) is 22.8 Å². The molecule has 1 aliphatic carbocycles. The Balaban J connectivity index is 1.39. The highest BCUT2D eigenvalue weighted by Crippen LogP contribution is 2.32. The van der Waals surface area contributed by atoms with Gasteiger partial charge in [0.15, 0.2) is 5.13 Å². The number of thiazole rings is 1. The van der Waals surface area contributed by atoms with Crippen LogP contribution >= 0.6 is 11.3 Å². The molecule has 2 aliphatic rings. The van der Waals surface area contributed by atoms with Crippen molar-refractivity contribution >= 4 is 34.0 Å². The Hall–Kier alpha value is -2.62. The average molecular weight is 438 g/mol. The Labute approximate surface area is 175 Å². The molecule has 1 saturated heterocycles. The van der Waals surface area contributed by atoms with Crippen LogP contribution in [0.3, 0.4) is 0 Å². The molecule has 1 atom stereocenters. The number of likely N-dealkylation sites (tertiary alicyclic amines) is 1. The third-order valence-corrected chi connectivity index (χ3v) is 5.93. The van der Waals surface area contributed by atoms with E-state index in [1.165, 1.54) is 12.1 Å². The molecule has 0 bridgehead atoms. The Morgan fingerprint density at radius 1 is 1.20 bits per heavy atom. The van der Waals surface area contributed by atoms with Crippen LogP contribution in [0.4, 0.5) is 24.0 Å². The predicted octanol–water partition coefficient (Wildman–Crippen LogP) is 4.04. The van der Waals surface area contributed by atoms with Crippen molar-refractivity contribution in [3.8, 4) is 0 Å². The summed E-state index contributed by atoms with van der Waals surface area (Å²) in [6, 6.07) is 5.09. The van der Waals surface area contributed by atoms with Gasteiger partial charge in [-0.3, -0.25) is 9.59 Å². The largest absolute Gasteiger partial charge is 0.416 e. The maximum absolute atomic E-state index is 12.9. The number of carbonyl (C=O) groups excluding carboxylic acids is 2. The van der Waals surface area contributed by atoms with Crippen molar-refractivity contribution in [1.82, 2.24) is 15.2 Å². The van der Waals surface area contributed by atoms with E-state index in [0.29, 0.717) is 18.2 Å². The highest BCUT2D eigenvalue weighted by atomic mass is 32.1. The molecule has 10 heteroatoms. The van der Waals surface area contributed by atoms with Crippen LogP contribution in [-0.4, -0.2) is 40.8 Å². The quantitative estimate of drug-likeness (QED) is 0.739. The van der Waals surface area contributed by atoms with Crippen molar-refractivity contribution in [3.05, 3.63) is 40.9 Å². The Morgan fingerprint density at radius 2 is 2.00 bits per heavy atom. The number of piperidine rings is 1. The summed E-state index contributed by atoms with van der Waals surface area (Å²) >= 11 is 1.14. The molecule has 2 aromatic rings. The van der Waals surface area contributed by atoms with Gasteiger partial charge >= 0.3 is 6.18 Å². The third kappa shape index (κ3) is 4.92. The number of halogens is 3. The number of carbonyl (C=O) groups is 2. The van der Waals surface area contributed by atoms with E-state index < -0.39 is 11.7 Å². The van der Waals surface area contributed by atoms with Crippen molar-refractivity contribution in [2.75, 3.05) is 18.4 Å². The number of benzene rings is 1. The summed E-state index contributed by atoms with van der Waals surface area (Å²) < 4.78 is 38.6. The molecule has 2 N–H and O–H groups in total. The Bertz CT molecular complexity index is 942. The standard InChI is InChI=1S/C20H21F3N4O2S/c21-20(22,23)13-4-1-5-15(9-13)25-19-26-16(11-30-19)18(29)27-8-2-3-12(10-27)17(28)24-14-6-7-14/h1,4-5,9,11-12,14H,2-3,6-8,10H2,(H,24,28)(H,25,26)/t12-/m1/s1. The van der Waals surface area contributed by atoms with Crippen molar-refractivity contribution in [2.24, 2.45) is 5.92 Å². The highest BCUT2D eigenvalue weighted by molar-refractivity contribution is 7.14. The van der Waals surface area contributed by atoms with Crippen LogP contribution in [0, 0.1) is 5.92 Å². The van der Waals surface area contributed by atoms with Gasteiger partial charge in [-0.05, 0) is 43.9 Å². The molecule has 1 aromatic heterocycles. The van der Waals surface area contributed by atoms with Gasteiger partial charge < -0.3 is 15.5 Å². The molecule has 1 saturated carbocycles. The fraction of sp³-hybridized carbons (Fsp3) is 0.450. The lowest BCUT2D eigenvalue weighted by Gasteiger charge is -2.31. The van der Waals surface area contributed by atoms with E-state index in [4.69, 9.17) is 0 Å². The molecule has 160 valence electrons. The van der Waals surface area contributed by atoms with Gasteiger partial charge in [-0.1, -0.05) is 6.07 Å². The number of alkyl halides is 3. The van der Waals surface area contributed by atoms with Gasteiger partial charge in [-0.15, -0.1) is 11.3 Å². The summed E-state index contributed by atoms with van der Waals surface area (Å²) in [5.74, 6) is -0.489. The monoisotopic (exact) mass is 438 g/mol. The van der Waals surface area contributed by atoms with Gasteiger partial charge in [0.25, 0.3) is 5.91 Å². The normalized spacial score (nSPS) is 19.4. The second kappa shape index (κ2) is 8.25. The van der Waals surface area contributed by atoms with Crippen LogP contribution in [0.2, 0.25) is 0 Å². The molecule has 0 spiro atoms. The van der Waals surface area contributed by atoms with Crippen LogP contribution in [0.15, 0.2) is 29.6 Å². The molecule has 0 unspecified atom stereocenters. The van der Waals surface area contributed by atoms with Gasteiger partial charge in [0, 0.05) is 30.2 Å². The van der Waals surface area contributed by atoms with Gasteiger partial charge in [0.05, 0.1) is 11.5 Å². The molecule has 4 rings (SSSR count). The smallest absolute Gasteiger partial charge is 0.353 e. The number of rotatable bonds is 5. The van der Waals surface area contributed by atoms with Gasteiger partial charge in [0.2, 0.25) is 5.91 Å². The zero-order chi connectivity index (χ0) is 21.3. The molecule has 0 radical (unpaired) electrons. The van der Waals surface area contributed by atoms with Crippen molar-refractivity contribution in [2.45, 2.75) is 37.9 Å². The summed E-state index contributed by atoms with van der Waals surface area (Å²) in [5.41, 5.74) is -0.296. The lowest BCUT2D eigenvalue weighted by atomic mass is 9.97. The molecule has 1 aromatic carbocycles. The fourth-order valence-corrected chi connectivity index (χ4v) is 4.12. The second-order valence-corrected chi connectivity index (χ2v) is 8.47. The Morgan fingerprint density at radius 3 is 2.73 bits per heavy atom. The van der Waals surface area contributed by atoms with E-state index in [2.05, 4.69) is 15.6 Å². The molecule has 6 nitrogen and oxygen atoms in total. The lowest BCUT2D eigenvalue weighted by Crippen LogP contribution is -2.46. The zero-order valence-corrected chi connectivity index (χ0v) is 16.9. The van der Waals surface area contributed by atoms with E-state index in [-0.39, 0.29) is 35.2 Å². The molecular weight excluding hydrogens is 417 g/mol. The number of nitrogens with zero attached hydrogens (tertiary/aromatic N) is 2. The van der Waals surface area contributed by atoms with Gasteiger partial charge in [-0.25, -0.2) is 4.98 Å². The number of hydrogen-bond donors (Lipinski definition) is 2. The van der Waals surface area contributed by atoms with Crippen molar-refractivity contribution < 1.29 is 22.8 Å². The first kappa shape index (κ1) is 20.6. The Kier molecular flexibility index (Phi) is 5.68. The lowest BCUT2D eigenvalue weighted by molar-refractivity contribution is -0.137. The van der Waals surface area contributed by atoms with Gasteiger partial charge in [-0.2, -0.15) is 13.2 Å². The fourth-order valence-electron chi connectivity index (χ4n) is 3.41. The first-order valence-corrected chi connectivity index (χ1v) is 10.7. The van der Waals surface area contributed by atoms with Crippen LogP contribution in [0.1, 0.15) is 41.7 Å². The van der Waals surface area contributed by atoms with Crippen LogP contribution in [-0.2, 0) is 11.0 Å². The number of hydrogen-bond acceptors (Lipinski definition) is 5. The molecule has 1 aliphatic heterocycles. The van der Waals surface area contributed by atoms with E-state index in [1.54, 1.807) is 10.3 Å². The van der Waals surface area contributed by atoms with Crippen molar-refractivity contribution in [1.29, 1.82) is 0 Å². The van der Waals surface area contributed by atoms with E-state index in [0.717, 1.165) is 49.2 Å². The first-order valence-electron chi connectivity index (χ1n) is 9.79.